The van der Waals surface area contributed by atoms with Crippen molar-refractivity contribution in [2.75, 3.05) is 37.0 Å². The molecule has 0 N–H and O–H groups in total. The summed E-state index contributed by atoms with van der Waals surface area (Å²) in [5.41, 5.74) is 2.12. The quantitative estimate of drug-likeness (QED) is 0.359. The van der Waals surface area contributed by atoms with E-state index < -0.39 is 0 Å². The molecule has 1 aromatic heterocycles. The second-order valence-electron chi connectivity index (χ2n) is 9.42. The predicted octanol–water partition coefficient (Wildman–Crippen LogP) is 6.35. The molecule has 5 rings (SSSR count). The van der Waals surface area contributed by atoms with Crippen molar-refractivity contribution in [1.29, 1.82) is 0 Å². The van der Waals surface area contributed by atoms with Gasteiger partial charge >= 0.3 is 0 Å². The van der Waals surface area contributed by atoms with E-state index in [0.717, 1.165) is 71.1 Å². The number of aromatic nitrogens is 2. The number of hydrogen-bond donors (Lipinski definition) is 0. The number of nitrogens with zero attached hydrogens (tertiary/aromatic N) is 4. The third-order valence-electron chi connectivity index (χ3n) is 6.88. The first-order valence-corrected chi connectivity index (χ1v) is 13.2. The van der Waals surface area contributed by atoms with Crippen LogP contribution < -0.4 is 19.3 Å². The molecule has 7 heteroatoms. The monoisotopic (exact) mass is 524 g/mol. The van der Waals surface area contributed by atoms with Crippen LogP contribution in [0, 0.1) is 0 Å². The highest BCUT2D eigenvalue weighted by Gasteiger charge is 2.23. The fourth-order valence-corrected chi connectivity index (χ4v) is 5.26. The second kappa shape index (κ2) is 10.4. The summed E-state index contributed by atoms with van der Waals surface area (Å²) in [6, 6.07) is 12.5. The highest BCUT2D eigenvalue weighted by molar-refractivity contribution is 9.10. The summed E-state index contributed by atoms with van der Waals surface area (Å²) in [5.74, 6) is 3.27. The topological polar surface area (TPSA) is 50.7 Å². The second-order valence-corrected chi connectivity index (χ2v) is 10.3. The lowest BCUT2D eigenvalue weighted by Gasteiger charge is -2.30. The van der Waals surface area contributed by atoms with Crippen molar-refractivity contribution in [2.45, 2.75) is 57.6 Å². The molecule has 34 heavy (non-hydrogen) atoms. The van der Waals surface area contributed by atoms with Gasteiger partial charge in [0.1, 0.15) is 5.82 Å². The van der Waals surface area contributed by atoms with E-state index in [4.69, 9.17) is 19.4 Å². The minimum Gasteiger partial charge on any atom is -0.493 e. The van der Waals surface area contributed by atoms with E-state index in [-0.39, 0.29) is 6.10 Å². The van der Waals surface area contributed by atoms with Gasteiger partial charge in [0.15, 0.2) is 11.5 Å². The Bertz CT molecular complexity index is 1130. The van der Waals surface area contributed by atoms with Crippen molar-refractivity contribution in [3.05, 3.63) is 46.4 Å². The van der Waals surface area contributed by atoms with Crippen LogP contribution in [0.5, 0.6) is 11.5 Å². The minimum absolute atomic E-state index is 0.259. The molecule has 6 nitrogen and oxygen atoms in total. The van der Waals surface area contributed by atoms with E-state index in [9.17, 15) is 0 Å². The molecule has 0 atom stereocenters. The van der Waals surface area contributed by atoms with Crippen molar-refractivity contribution in [3.8, 4) is 11.5 Å². The Kier molecular flexibility index (Phi) is 7.09. The number of rotatable bonds is 7. The van der Waals surface area contributed by atoms with Gasteiger partial charge in [-0.25, -0.2) is 4.98 Å². The van der Waals surface area contributed by atoms with E-state index in [1.165, 1.54) is 37.7 Å². The summed E-state index contributed by atoms with van der Waals surface area (Å²) in [6.45, 7) is 2.77. The number of fused-ring (bicyclic) bond motifs is 1. The van der Waals surface area contributed by atoms with Gasteiger partial charge < -0.3 is 19.3 Å². The van der Waals surface area contributed by atoms with Crippen LogP contribution in [0.3, 0.4) is 0 Å². The van der Waals surface area contributed by atoms with Gasteiger partial charge in [0, 0.05) is 42.6 Å². The van der Waals surface area contributed by atoms with Crippen molar-refractivity contribution >= 4 is 38.6 Å². The van der Waals surface area contributed by atoms with Crippen molar-refractivity contribution < 1.29 is 9.47 Å². The molecule has 1 aliphatic heterocycles. The molecule has 2 aliphatic rings. The van der Waals surface area contributed by atoms with Gasteiger partial charge in [-0.3, -0.25) is 0 Å². The van der Waals surface area contributed by atoms with E-state index >= 15 is 0 Å². The van der Waals surface area contributed by atoms with Gasteiger partial charge in [-0.1, -0.05) is 28.1 Å². The summed E-state index contributed by atoms with van der Waals surface area (Å²) in [6.07, 6.45) is 8.58. The summed E-state index contributed by atoms with van der Waals surface area (Å²) >= 11 is 3.52. The fraction of sp³-hybridized carbons (Fsp3) is 0.481. The first kappa shape index (κ1) is 23.2. The zero-order chi connectivity index (χ0) is 23.5. The van der Waals surface area contributed by atoms with E-state index in [0.29, 0.717) is 0 Å². The third kappa shape index (κ3) is 5.09. The van der Waals surface area contributed by atoms with Gasteiger partial charge in [0.05, 0.1) is 18.7 Å². The number of halogens is 1. The highest BCUT2D eigenvalue weighted by atomic mass is 79.9. The Morgan fingerprint density at radius 1 is 0.971 bits per heavy atom. The van der Waals surface area contributed by atoms with Gasteiger partial charge in [0.2, 0.25) is 5.95 Å². The zero-order valence-electron chi connectivity index (χ0n) is 20.1. The molecule has 2 aromatic carbocycles. The molecular formula is C27H33BrN4O2. The lowest BCUT2D eigenvalue weighted by Crippen LogP contribution is -2.31. The molecule has 2 heterocycles. The molecule has 3 aromatic rings. The number of hydrogen-bond acceptors (Lipinski definition) is 6. The predicted molar refractivity (Wildman–Crippen MR) is 141 cm³/mol. The Labute approximate surface area is 210 Å². The van der Waals surface area contributed by atoms with Crippen LogP contribution in [0.15, 0.2) is 40.9 Å². The molecule has 0 radical (unpaired) electrons. The molecule has 0 unspecified atom stereocenters. The minimum atomic E-state index is 0.259. The van der Waals surface area contributed by atoms with Crippen LogP contribution in [0.25, 0.3) is 10.9 Å². The van der Waals surface area contributed by atoms with Crippen LogP contribution in [0.2, 0.25) is 0 Å². The maximum absolute atomic E-state index is 6.38. The lowest BCUT2D eigenvalue weighted by atomic mass is 10.1. The molecule has 0 spiro atoms. The molecule has 0 amide bonds. The molecule has 180 valence electrons. The standard InChI is InChI=1S/C27H33BrN4O2/c1-31(18-19-10-12-20(28)13-11-19)27-29-23-17-25(34-21-8-4-5-9-21)24(33-2)16-22(23)26(30-27)32-14-6-3-7-15-32/h10-13,16-17,21H,3-9,14-15,18H2,1-2H3. The van der Waals surface area contributed by atoms with E-state index in [2.05, 4.69) is 69.2 Å². The van der Waals surface area contributed by atoms with Crippen molar-refractivity contribution in [3.63, 3.8) is 0 Å². The number of benzene rings is 2. The van der Waals surface area contributed by atoms with Crippen LogP contribution in [-0.4, -0.2) is 43.3 Å². The van der Waals surface area contributed by atoms with Crippen LogP contribution >= 0.6 is 15.9 Å². The van der Waals surface area contributed by atoms with Crippen molar-refractivity contribution in [1.82, 2.24) is 9.97 Å². The van der Waals surface area contributed by atoms with E-state index in [1.807, 2.05) is 0 Å². The maximum Gasteiger partial charge on any atom is 0.227 e. The van der Waals surface area contributed by atoms with Gasteiger partial charge in [-0.15, -0.1) is 0 Å². The Balaban J connectivity index is 1.55. The number of piperidine rings is 1. The first-order chi connectivity index (χ1) is 16.6. The molecule has 1 aliphatic carbocycles. The highest BCUT2D eigenvalue weighted by Crippen LogP contribution is 2.38. The summed E-state index contributed by atoms with van der Waals surface area (Å²) in [4.78, 5) is 14.6. The zero-order valence-corrected chi connectivity index (χ0v) is 21.7. The molecule has 2 fully saturated rings. The van der Waals surface area contributed by atoms with E-state index in [1.54, 1.807) is 7.11 Å². The smallest absolute Gasteiger partial charge is 0.227 e. The van der Waals surface area contributed by atoms with Gasteiger partial charge in [-0.2, -0.15) is 4.98 Å². The Morgan fingerprint density at radius 2 is 1.71 bits per heavy atom. The third-order valence-corrected chi connectivity index (χ3v) is 7.40. The van der Waals surface area contributed by atoms with Crippen LogP contribution in [0.1, 0.15) is 50.5 Å². The SMILES string of the molecule is COc1cc2c(N3CCCCC3)nc(N(C)Cc3ccc(Br)cc3)nc2cc1OC1CCCC1. The number of ether oxygens (including phenoxy) is 2. The maximum atomic E-state index is 6.38. The average Bonchev–Trinajstić information content (AvgIpc) is 3.38. The summed E-state index contributed by atoms with van der Waals surface area (Å²) in [7, 11) is 3.77. The lowest BCUT2D eigenvalue weighted by molar-refractivity contribution is 0.201. The molecule has 1 saturated heterocycles. The number of anilines is 2. The summed E-state index contributed by atoms with van der Waals surface area (Å²) < 4.78 is 13.2. The largest absolute Gasteiger partial charge is 0.493 e. The van der Waals surface area contributed by atoms with Gasteiger partial charge in [-0.05, 0) is 68.7 Å². The number of methoxy groups -OCH3 is 1. The fourth-order valence-electron chi connectivity index (χ4n) is 5.00. The van der Waals surface area contributed by atoms with Crippen LogP contribution in [0.4, 0.5) is 11.8 Å². The normalized spacial score (nSPS) is 16.7. The molecule has 0 bridgehead atoms. The molecule has 1 saturated carbocycles. The Hall–Kier alpha value is -2.54. The van der Waals surface area contributed by atoms with Gasteiger partial charge in [0.25, 0.3) is 0 Å². The van der Waals surface area contributed by atoms with Crippen molar-refractivity contribution in [2.24, 2.45) is 0 Å². The first-order valence-electron chi connectivity index (χ1n) is 12.4. The molecular weight excluding hydrogens is 492 g/mol. The van der Waals surface area contributed by atoms with Crippen LogP contribution in [-0.2, 0) is 6.54 Å². The average molecular weight is 525 g/mol. The summed E-state index contributed by atoms with van der Waals surface area (Å²) in [5, 5.41) is 1.03. The Morgan fingerprint density at radius 3 is 2.41 bits per heavy atom.